The number of amides is 1. The number of nitrogens with one attached hydrogen (secondary N) is 1. The van der Waals surface area contributed by atoms with E-state index >= 15 is 0 Å². The van der Waals surface area contributed by atoms with Gasteiger partial charge < -0.3 is 30.4 Å². The fraction of sp³-hybridized carbons (Fsp3) is 0.500. The van der Waals surface area contributed by atoms with E-state index in [2.05, 4.69) is 5.32 Å². The van der Waals surface area contributed by atoms with Crippen molar-refractivity contribution < 1.29 is 24.1 Å². The van der Waals surface area contributed by atoms with Crippen LogP contribution in [-0.2, 0) is 16.8 Å². The summed E-state index contributed by atoms with van der Waals surface area (Å²) in [7, 11) is 3.34. The molecular formula is C26H36N2O5. The van der Waals surface area contributed by atoms with Crippen LogP contribution in [0.5, 0.6) is 11.5 Å². The number of anilines is 1. The largest absolute Gasteiger partial charge is 0.495 e. The molecule has 2 aromatic rings. The van der Waals surface area contributed by atoms with Gasteiger partial charge in [0.05, 0.1) is 12.8 Å². The number of ether oxygens (including phenoxy) is 3. The first-order valence-corrected chi connectivity index (χ1v) is 11.2. The molecule has 7 heteroatoms. The third-order valence-corrected chi connectivity index (χ3v) is 6.82. The van der Waals surface area contributed by atoms with Crippen molar-refractivity contribution in [2.24, 2.45) is 11.1 Å². The summed E-state index contributed by atoms with van der Waals surface area (Å²) in [4.78, 5) is 12.4. The Bertz CT molecular complexity index is 1020. The van der Waals surface area contributed by atoms with Crippen molar-refractivity contribution in [1.82, 2.24) is 0 Å². The first-order chi connectivity index (χ1) is 15.3. The quantitative estimate of drug-likeness (QED) is 0.587. The molecule has 0 saturated heterocycles. The lowest BCUT2D eigenvalue weighted by molar-refractivity contribution is -0.281. The molecule has 2 atom stereocenters. The lowest BCUT2D eigenvalue weighted by atomic mass is 9.55. The molecule has 4 N–H and O–H groups in total. The molecule has 1 amide bonds. The third kappa shape index (κ3) is 3.88. The summed E-state index contributed by atoms with van der Waals surface area (Å²) >= 11 is 0. The van der Waals surface area contributed by atoms with Gasteiger partial charge in [-0.3, -0.25) is 0 Å². The van der Waals surface area contributed by atoms with E-state index in [1.165, 1.54) is 0 Å². The predicted molar refractivity (Wildman–Crippen MR) is 129 cm³/mol. The molecule has 33 heavy (non-hydrogen) atoms. The minimum atomic E-state index is -1.64. The molecule has 1 heterocycles. The van der Waals surface area contributed by atoms with E-state index in [0.717, 1.165) is 5.56 Å². The fourth-order valence-corrected chi connectivity index (χ4v) is 5.20. The number of methoxy groups -OCH3 is 1. The van der Waals surface area contributed by atoms with E-state index in [9.17, 15) is 9.90 Å². The zero-order chi connectivity index (χ0) is 24.7. The number of carbonyl (C=O) groups is 1. The highest BCUT2D eigenvalue weighted by molar-refractivity contribution is 5.69. The second-order valence-electron chi connectivity index (χ2n) is 10.1. The Hall–Kier alpha value is -2.93. The van der Waals surface area contributed by atoms with Gasteiger partial charge in [0.2, 0.25) is 0 Å². The second-order valence-corrected chi connectivity index (χ2v) is 10.1. The fourth-order valence-electron chi connectivity index (χ4n) is 5.20. The van der Waals surface area contributed by atoms with Crippen molar-refractivity contribution >= 4 is 11.8 Å². The molecule has 0 radical (unpaired) electrons. The Kier molecular flexibility index (Phi) is 6.33. The SMILES string of the molecule is CNc1cc2c(cc1OC)[C@@](OC(N)=O)(C(C)(C)C)[C@@](O)(CCc1ccccc1)C(C)(C)O2. The smallest absolute Gasteiger partial charge is 0.405 e. The lowest BCUT2D eigenvalue weighted by Crippen LogP contribution is -2.73. The van der Waals surface area contributed by atoms with Crippen molar-refractivity contribution in [2.75, 3.05) is 19.5 Å². The number of carbonyl (C=O) groups excluding carboxylic acids is 1. The van der Waals surface area contributed by atoms with Crippen molar-refractivity contribution in [2.45, 2.75) is 64.3 Å². The van der Waals surface area contributed by atoms with Gasteiger partial charge in [-0.2, -0.15) is 0 Å². The van der Waals surface area contributed by atoms with Gasteiger partial charge >= 0.3 is 6.09 Å². The van der Waals surface area contributed by atoms with Gasteiger partial charge in [0.25, 0.3) is 0 Å². The number of aryl methyl sites for hydroxylation is 1. The van der Waals surface area contributed by atoms with Gasteiger partial charge in [-0.15, -0.1) is 0 Å². The molecule has 3 rings (SSSR count). The van der Waals surface area contributed by atoms with Gasteiger partial charge in [0, 0.05) is 24.1 Å². The summed E-state index contributed by atoms with van der Waals surface area (Å²) in [6, 6.07) is 13.4. The number of nitrogens with two attached hydrogens (primary N) is 1. The van der Waals surface area contributed by atoms with E-state index in [1.54, 1.807) is 26.3 Å². The van der Waals surface area contributed by atoms with Gasteiger partial charge in [0.15, 0.2) is 5.60 Å². The van der Waals surface area contributed by atoms with Gasteiger partial charge in [-0.1, -0.05) is 51.1 Å². The summed E-state index contributed by atoms with van der Waals surface area (Å²) < 4.78 is 18.0. The molecule has 0 unspecified atom stereocenters. The number of fused-ring (bicyclic) bond motifs is 1. The Morgan fingerprint density at radius 2 is 1.82 bits per heavy atom. The molecule has 0 saturated carbocycles. The Balaban J connectivity index is 2.33. The van der Waals surface area contributed by atoms with Crippen LogP contribution in [0.4, 0.5) is 10.5 Å². The molecule has 180 valence electrons. The standard InChI is InChI=1S/C26H36N2O5/c1-23(2,3)26(33-22(27)29)18-15-21(31-7)19(28-6)16-20(18)32-24(4,5)25(26,30)14-13-17-11-9-8-10-12-17/h8-12,15-16,28,30H,13-14H2,1-7H3,(H2,27,29)/t25-,26-/m1/s1. The maximum atomic E-state index is 12.6. The second kappa shape index (κ2) is 8.45. The van der Waals surface area contributed by atoms with Gasteiger partial charge in [-0.25, -0.2) is 4.79 Å². The van der Waals surface area contributed by atoms with Crippen LogP contribution in [0.15, 0.2) is 42.5 Å². The van der Waals surface area contributed by atoms with Crippen LogP contribution < -0.4 is 20.5 Å². The molecule has 7 nitrogen and oxygen atoms in total. The highest BCUT2D eigenvalue weighted by Crippen LogP contribution is 2.62. The summed E-state index contributed by atoms with van der Waals surface area (Å²) in [6.45, 7) is 9.40. The van der Waals surface area contributed by atoms with Gasteiger partial charge in [0.1, 0.15) is 22.7 Å². The average molecular weight is 457 g/mol. The topological polar surface area (TPSA) is 103 Å². The molecular weight excluding hydrogens is 420 g/mol. The third-order valence-electron chi connectivity index (χ3n) is 6.82. The summed E-state index contributed by atoms with van der Waals surface area (Å²) in [6.07, 6.45) is -0.154. The molecule has 0 bridgehead atoms. The molecule has 0 spiro atoms. The Morgan fingerprint density at radius 1 is 1.18 bits per heavy atom. The Labute approximate surface area is 196 Å². The lowest BCUT2D eigenvalue weighted by Gasteiger charge is -2.61. The van der Waals surface area contributed by atoms with Crippen molar-refractivity contribution in [3.8, 4) is 11.5 Å². The average Bonchev–Trinajstić information content (AvgIpc) is 2.74. The minimum Gasteiger partial charge on any atom is -0.495 e. The highest BCUT2D eigenvalue weighted by Gasteiger charge is 2.71. The van der Waals surface area contributed by atoms with Crippen LogP contribution in [0, 0.1) is 5.41 Å². The summed E-state index contributed by atoms with van der Waals surface area (Å²) in [5.41, 5.74) is 2.86. The molecule has 1 aliphatic rings. The summed E-state index contributed by atoms with van der Waals surface area (Å²) in [5, 5.41) is 15.7. The number of rotatable bonds is 6. The number of aliphatic hydroxyl groups is 1. The molecule has 0 fully saturated rings. The molecule has 0 aliphatic carbocycles. The first-order valence-electron chi connectivity index (χ1n) is 11.2. The van der Waals surface area contributed by atoms with E-state index in [4.69, 9.17) is 19.9 Å². The van der Waals surface area contributed by atoms with Crippen LogP contribution in [0.2, 0.25) is 0 Å². The van der Waals surface area contributed by atoms with Crippen LogP contribution in [0.25, 0.3) is 0 Å². The Morgan fingerprint density at radius 3 is 2.33 bits per heavy atom. The van der Waals surface area contributed by atoms with Crippen LogP contribution in [0.3, 0.4) is 0 Å². The molecule has 2 aromatic carbocycles. The van der Waals surface area contributed by atoms with E-state index < -0.39 is 28.3 Å². The maximum Gasteiger partial charge on any atom is 0.405 e. The number of hydrogen-bond donors (Lipinski definition) is 3. The highest BCUT2D eigenvalue weighted by atomic mass is 16.6. The summed E-state index contributed by atoms with van der Waals surface area (Å²) in [5.74, 6) is 1.03. The zero-order valence-corrected chi connectivity index (χ0v) is 20.6. The van der Waals surface area contributed by atoms with Crippen LogP contribution >= 0.6 is 0 Å². The molecule has 1 aliphatic heterocycles. The van der Waals surface area contributed by atoms with E-state index in [-0.39, 0.29) is 6.42 Å². The zero-order valence-electron chi connectivity index (χ0n) is 20.6. The first kappa shape index (κ1) is 24.7. The molecule has 0 aromatic heterocycles. The number of benzene rings is 2. The van der Waals surface area contributed by atoms with Crippen molar-refractivity contribution in [3.05, 3.63) is 53.6 Å². The van der Waals surface area contributed by atoms with Gasteiger partial charge in [-0.05, 0) is 38.3 Å². The number of primary amides is 1. The maximum absolute atomic E-state index is 12.6. The van der Waals surface area contributed by atoms with Crippen molar-refractivity contribution in [1.29, 1.82) is 0 Å². The monoisotopic (exact) mass is 456 g/mol. The predicted octanol–water partition coefficient (Wildman–Crippen LogP) is 4.61. The van der Waals surface area contributed by atoms with Crippen LogP contribution in [0.1, 0.15) is 52.2 Å². The number of hydrogen-bond acceptors (Lipinski definition) is 6. The van der Waals surface area contributed by atoms with E-state index in [1.807, 2.05) is 65.0 Å². The van der Waals surface area contributed by atoms with E-state index in [0.29, 0.717) is 29.2 Å². The van der Waals surface area contributed by atoms with Crippen LogP contribution in [-0.4, -0.2) is 36.6 Å². The normalized spacial score (nSPS) is 23.8. The van der Waals surface area contributed by atoms with Crippen molar-refractivity contribution in [3.63, 3.8) is 0 Å². The minimum absolute atomic E-state index is 0.268.